The molecule has 0 saturated carbocycles. The Morgan fingerprint density at radius 3 is 2.59 bits per heavy atom. The van der Waals surface area contributed by atoms with Gasteiger partial charge in [0.05, 0.1) is 0 Å². The van der Waals surface area contributed by atoms with Crippen molar-refractivity contribution in [2.75, 3.05) is 13.2 Å². The first-order valence-corrected chi connectivity index (χ1v) is 6.79. The van der Waals surface area contributed by atoms with Crippen LogP contribution in [0.4, 0.5) is 0 Å². The van der Waals surface area contributed by atoms with E-state index < -0.39 is 0 Å². The summed E-state index contributed by atoms with van der Waals surface area (Å²) in [7, 11) is 0. The minimum atomic E-state index is 0.0428. The number of ketones is 1. The zero-order valence-electron chi connectivity index (χ0n) is 10.4. The molecule has 1 aromatic rings. The summed E-state index contributed by atoms with van der Waals surface area (Å²) in [5.41, 5.74) is 0.705. The van der Waals surface area contributed by atoms with E-state index in [0.29, 0.717) is 18.1 Å². The average molecular weight is 299 g/mol. The largest absolute Gasteiger partial charge is 0.373 e. The van der Waals surface area contributed by atoms with Crippen molar-refractivity contribution in [1.29, 1.82) is 0 Å². The third-order valence-electron chi connectivity index (χ3n) is 2.58. The van der Waals surface area contributed by atoms with Crippen molar-refractivity contribution in [3.63, 3.8) is 0 Å². The van der Waals surface area contributed by atoms with Gasteiger partial charge in [-0.3, -0.25) is 4.79 Å². The Hall–Kier alpha value is -0.670. The maximum absolute atomic E-state index is 11.8. The molecule has 94 valence electrons. The quantitative estimate of drug-likeness (QED) is 0.709. The number of carbonyl (C=O) groups is 1. The molecule has 1 rings (SSSR count). The van der Waals surface area contributed by atoms with Crippen LogP contribution in [-0.2, 0) is 4.74 Å². The number of Topliss-reactive ketones (excluding diaryl/α,β-unsaturated/α-hetero) is 1. The maximum Gasteiger partial charge on any atom is 0.188 e. The lowest BCUT2D eigenvalue weighted by Crippen LogP contribution is -2.13. The van der Waals surface area contributed by atoms with Crippen LogP contribution in [0.25, 0.3) is 0 Å². The number of hydrogen-bond acceptors (Lipinski definition) is 2. The highest BCUT2D eigenvalue weighted by Crippen LogP contribution is 2.11. The number of ether oxygens (including phenoxy) is 1. The van der Waals surface area contributed by atoms with Crippen LogP contribution in [0.3, 0.4) is 0 Å². The topological polar surface area (TPSA) is 26.3 Å². The zero-order valence-corrected chi connectivity index (χ0v) is 12.0. The molecule has 0 N–H and O–H groups in total. The third-order valence-corrected chi connectivity index (χ3v) is 3.11. The predicted octanol–water partition coefficient (Wildman–Crippen LogP) is 4.08. The minimum Gasteiger partial charge on any atom is -0.373 e. The molecule has 1 aromatic carbocycles. The molecule has 0 saturated heterocycles. The fourth-order valence-electron chi connectivity index (χ4n) is 1.65. The van der Waals surface area contributed by atoms with Crippen molar-refractivity contribution in [2.24, 2.45) is 5.92 Å². The van der Waals surface area contributed by atoms with E-state index in [1.54, 1.807) is 0 Å². The molecule has 0 aliphatic rings. The molecule has 2 nitrogen and oxygen atoms in total. The summed E-state index contributed by atoms with van der Waals surface area (Å²) < 4.78 is 6.41. The number of halogens is 1. The molecular weight excluding hydrogens is 280 g/mol. The molecule has 0 bridgehead atoms. The molecule has 0 spiro atoms. The van der Waals surface area contributed by atoms with Crippen LogP contribution in [-0.4, -0.2) is 19.0 Å². The molecule has 0 heterocycles. The molecule has 1 atom stereocenters. The van der Waals surface area contributed by atoms with Gasteiger partial charge in [0.25, 0.3) is 0 Å². The highest BCUT2D eigenvalue weighted by Gasteiger charge is 2.07. The highest BCUT2D eigenvalue weighted by molar-refractivity contribution is 9.10. The molecule has 17 heavy (non-hydrogen) atoms. The van der Waals surface area contributed by atoms with Crippen LogP contribution in [0.5, 0.6) is 0 Å². The number of hydrogen-bond donors (Lipinski definition) is 0. The Kier molecular flexibility index (Phi) is 6.45. The van der Waals surface area contributed by atoms with E-state index in [0.717, 1.165) is 17.3 Å². The fourth-order valence-corrected chi connectivity index (χ4v) is 1.91. The van der Waals surface area contributed by atoms with Crippen molar-refractivity contribution < 1.29 is 9.53 Å². The average Bonchev–Trinajstić information content (AvgIpc) is 2.30. The lowest BCUT2D eigenvalue weighted by molar-refractivity contribution is 0.0683. The van der Waals surface area contributed by atoms with Crippen LogP contribution in [0.1, 0.15) is 37.0 Å². The van der Waals surface area contributed by atoms with E-state index in [-0.39, 0.29) is 12.4 Å². The zero-order chi connectivity index (χ0) is 12.7. The first-order valence-electron chi connectivity index (χ1n) is 6.00. The Labute approximate surface area is 111 Å². The maximum atomic E-state index is 11.8. The Morgan fingerprint density at radius 2 is 2.00 bits per heavy atom. The van der Waals surface area contributed by atoms with Crippen molar-refractivity contribution in [3.05, 3.63) is 34.3 Å². The predicted molar refractivity (Wildman–Crippen MR) is 73.4 cm³/mol. The Balaban J connectivity index is 2.32. The monoisotopic (exact) mass is 298 g/mol. The lowest BCUT2D eigenvalue weighted by Gasteiger charge is -2.10. The number of rotatable bonds is 7. The van der Waals surface area contributed by atoms with Crippen LogP contribution >= 0.6 is 15.9 Å². The van der Waals surface area contributed by atoms with E-state index in [9.17, 15) is 4.79 Å². The summed E-state index contributed by atoms with van der Waals surface area (Å²) in [6.07, 6.45) is 2.30. The second kappa shape index (κ2) is 7.62. The van der Waals surface area contributed by atoms with Gasteiger partial charge in [0, 0.05) is 16.6 Å². The summed E-state index contributed by atoms with van der Waals surface area (Å²) in [5, 5.41) is 0. The first-order chi connectivity index (χ1) is 8.13. The van der Waals surface area contributed by atoms with E-state index in [1.807, 2.05) is 24.3 Å². The van der Waals surface area contributed by atoms with Crippen LogP contribution < -0.4 is 0 Å². The molecule has 0 amide bonds. The smallest absolute Gasteiger partial charge is 0.188 e. The van der Waals surface area contributed by atoms with Crippen LogP contribution in [0, 0.1) is 5.92 Å². The summed E-state index contributed by atoms with van der Waals surface area (Å²) >= 11 is 3.34. The van der Waals surface area contributed by atoms with Crippen molar-refractivity contribution in [1.82, 2.24) is 0 Å². The van der Waals surface area contributed by atoms with Gasteiger partial charge < -0.3 is 4.74 Å². The normalized spacial score (nSPS) is 12.4. The molecule has 0 aliphatic heterocycles. The van der Waals surface area contributed by atoms with Gasteiger partial charge in [-0.25, -0.2) is 0 Å². The van der Waals surface area contributed by atoms with E-state index >= 15 is 0 Å². The molecule has 0 aromatic heterocycles. The van der Waals surface area contributed by atoms with Gasteiger partial charge in [0.1, 0.15) is 6.61 Å². The van der Waals surface area contributed by atoms with Gasteiger partial charge in [0.15, 0.2) is 5.78 Å². The summed E-state index contributed by atoms with van der Waals surface area (Å²) in [6.45, 7) is 5.14. The number of benzene rings is 1. The SMILES string of the molecule is CCCC(C)COCC(=O)c1ccc(Br)cc1. The van der Waals surface area contributed by atoms with Crippen molar-refractivity contribution >= 4 is 21.7 Å². The fraction of sp³-hybridized carbons (Fsp3) is 0.500. The van der Waals surface area contributed by atoms with Gasteiger partial charge in [0.2, 0.25) is 0 Å². The second-order valence-corrected chi connectivity index (χ2v) is 5.25. The molecule has 0 fully saturated rings. The molecule has 1 unspecified atom stereocenters. The molecule has 3 heteroatoms. The van der Waals surface area contributed by atoms with E-state index in [1.165, 1.54) is 0 Å². The van der Waals surface area contributed by atoms with Gasteiger partial charge in [-0.2, -0.15) is 0 Å². The highest BCUT2D eigenvalue weighted by atomic mass is 79.9. The van der Waals surface area contributed by atoms with Gasteiger partial charge in [-0.1, -0.05) is 48.3 Å². The summed E-state index contributed by atoms with van der Waals surface area (Å²) in [5.74, 6) is 0.568. The van der Waals surface area contributed by atoms with Gasteiger partial charge in [-0.15, -0.1) is 0 Å². The first kappa shape index (κ1) is 14.4. The van der Waals surface area contributed by atoms with Crippen LogP contribution in [0.15, 0.2) is 28.7 Å². The third kappa shape index (κ3) is 5.46. The van der Waals surface area contributed by atoms with E-state index in [2.05, 4.69) is 29.8 Å². The Bertz CT molecular complexity index is 346. The number of carbonyl (C=O) groups excluding carboxylic acids is 1. The molecule has 0 radical (unpaired) electrons. The van der Waals surface area contributed by atoms with Crippen LogP contribution in [0.2, 0.25) is 0 Å². The molecular formula is C14H19BrO2. The standard InChI is InChI=1S/C14H19BrO2/c1-3-4-11(2)9-17-10-14(16)12-5-7-13(15)8-6-12/h5-8,11H,3-4,9-10H2,1-2H3. The van der Waals surface area contributed by atoms with Crippen molar-refractivity contribution in [2.45, 2.75) is 26.7 Å². The lowest BCUT2D eigenvalue weighted by atomic mass is 10.1. The Morgan fingerprint density at radius 1 is 1.35 bits per heavy atom. The second-order valence-electron chi connectivity index (χ2n) is 4.34. The van der Waals surface area contributed by atoms with Crippen molar-refractivity contribution in [3.8, 4) is 0 Å². The van der Waals surface area contributed by atoms with Gasteiger partial charge >= 0.3 is 0 Å². The summed E-state index contributed by atoms with van der Waals surface area (Å²) in [6, 6.07) is 7.36. The van der Waals surface area contributed by atoms with Gasteiger partial charge in [-0.05, 0) is 24.5 Å². The summed E-state index contributed by atoms with van der Waals surface area (Å²) in [4.78, 5) is 11.8. The minimum absolute atomic E-state index is 0.0428. The van der Waals surface area contributed by atoms with E-state index in [4.69, 9.17) is 4.74 Å². The molecule has 0 aliphatic carbocycles.